The van der Waals surface area contributed by atoms with Crippen LogP contribution in [0.15, 0.2) is 77.0 Å². The lowest BCUT2D eigenvalue weighted by Gasteiger charge is -2.25. The number of hydrogen-bond acceptors (Lipinski definition) is 3. The minimum Gasteiger partial charge on any atom is -0.242 e. The lowest BCUT2D eigenvalue weighted by Crippen LogP contribution is -2.36. The van der Waals surface area contributed by atoms with Gasteiger partial charge in [0.1, 0.15) is 0 Å². The number of nitrogens with one attached hydrogen (secondary N) is 1. The highest BCUT2D eigenvalue weighted by Crippen LogP contribution is 2.28. The molecule has 0 fully saturated rings. The second-order valence-corrected chi connectivity index (χ2v) is 11.1. The van der Waals surface area contributed by atoms with Gasteiger partial charge in [-0.05, 0) is 38.5 Å². The first-order valence-corrected chi connectivity index (χ1v) is 11.0. The van der Waals surface area contributed by atoms with Gasteiger partial charge in [-0.3, -0.25) is 0 Å². The molecule has 0 aromatic heterocycles. The number of sulfone groups is 1. The van der Waals surface area contributed by atoms with Crippen LogP contribution in [0.25, 0.3) is 0 Å². The minimum atomic E-state index is -3.65. The van der Waals surface area contributed by atoms with Gasteiger partial charge in [-0.15, -0.1) is 0 Å². The van der Waals surface area contributed by atoms with Gasteiger partial charge in [-0.25, -0.2) is 17.3 Å². The van der Waals surface area contributed by atoms with Crippen LogP contribution in [-0.2, 0) is 20.8 Å². The first kappa shape index (κ1) is 20.6. The van der Waals surface area contributed by atoms with Crippen molar-refractivity contribution in [1.82, 2.24) is 4.72 Å². The summed E-state index contributed by atoms with van der Waals surface area (Å²) in [5.74, 6) is 0. The van der Waals surface area contributed by atoms with Crippen LogP contribution in [-0.4, -0.2) is 17.4 Å². The Morgan fingerprint density at radius 2 is 1.54 bits per heavy atom. The summed E-state index contributed by atoms with van der Waals surface area (Å²) in [5, 5.41) is 0. The summed E-state index contributed by atoms with van der Waals surface area (Å²) in [4.78, 5) is 0.310. The monoisotopic (exact) mass is 391 g/mol. The zero-order valence-corrected chi connectivity index (χ0v) is 16.9. The van der Waals surface area contributed by atoms with E-state index in [-0.39, 0.29) is 16.2 Å². The summed E-state index contributed by atoms with van der Waals surface area (Å²) in [5.41, 5.74) is 0.870. The second-order valence-electron chi connectivity index (χ2n) is 7.02. The van der Waals surface area contributed by atoms with Crippen LogP contribution in [0.4, 0.5) is 0 Å². The van der Waals surface area contributed by atoms with Gasteiger partial charge in [0, 0.05) is 17.4 Å². The van der Waals surface area contributed by atoms with Crippen molar-refractivity contribution in [3.63, 3.8) is 0 Å². The highest BCUT2D eigenvalue weighted by atomic mass is 32.2. The average molecular weight is 392 g/mol. The fraction of sp³-hybridized carbons (Fsp3) is 0.300. The highest BCUT2D eigenvalue weighted by Gasteiger charge is 2.27. The maximum atomic E-state index is 12.8. The lowest BCUT2D eigenvalue weighted by atomic mass is 10.1. The summed E-state index contributed by atoms with van der Waals surface area (Å²) < 4.78 is 40.7. The van der Waals surface area contributed by atoms with E-state index in [1.165, 1.54) is 0 Å². The molecule has 0 radical (unpaired) electrons. The van der Waals surface area contributed by atoms with Gasteiger partial charge in [0.15, 0.2) is 0 Å². The number of hydrogen-bond donors (Lipinski definition) is 1. The van der Waals surface area contributed by atoms with Gasteiger partial charge in [-0.1, -0.05) is 55.1 Å². The standard InChI is InChI=1S/C20H25NO3S2/c1-16(26(23,24)18-13-9-6-10-14-18)15-19(17-11-7-5-8-12-17)21-25(22)20(2,3)4/h5-14,19,21H,1,15H2,2-4H3/t19-,25-/m0/s1. The van der Waals surface area contributed by atoms with Crippen molar-refractivity contribution >= 4 is 20.8 Å². The Morgan fingerprint density at radius 1 is 1.04 bits per heavy atom. The molecule has 0 aliphatic rings. The molecule has 0 heterocycles. The van der Waals surface area contributed by atoms with Crippen molar-refractivity contribution in [2.75, 3.05) is 0 Å². The van der Waals surface area contributed by atoms with Crippen molar-refractivity contribution in [3.05, 3.63) is 77.7 Å². The molecule has 0 spiro atoms. The maximum absolute atomic E-state index is 12.8. The minimum absolute atomic E-state index is 0.0935. The molecule has 0 amide bonds. The molecule has 6 heteroatoms. The molecule has 2 atom stereocenters. The largest absolute Gasteiger partial charge is 0.242 e. The normalized spacial score (nSPS) is 14.6. The van der Waals surface area contributed by atoms with Crippen LogP contribution in [0.1, 0.15) is 38.8 Å². The van der Waals surface area contributed by atoms with Crippen molar-refractivity contribution < 1.29 is 12.6 Å². The van der Waals surface area contributed by atoms with Gasteiger partial charge in [0.05, 0.1) is 20.6 Å². The van der Waals surface area contributed by atoms with E-state index in [4.69, 9.17) is 0 Å². The van der Waals surface area contributed by atoms with E-state index >= 15 is 0 Å². The van der Waals surface area contributed by atoms with E-state index in [0.717, 1.165) is 5.56 Å². The summed E-state index contributed by atoms with van der Waals surface area (Å²) >= 11 is 0. The zero-order valence-electron chi connectivity index (χ0n) is 15.3. The van der Waals surface area contributed by atoms with Gasteiger partial charge in [-0.2, -0.15) is 0 Å². The third-order valence-electron chi connectivity index (χ3n) is 3.87. The Bertz CT molecular complexity index is 870. The topological polar surface area (TPSA) is 63.2 Å². The molecule has 2 rings (SSSR count). The van der Waals surface area contributed by atoms with E-state index in [0.29, 0.717) is 0 Å². The molecular weight excluding hydrogens is 366 g/mol. The van der Waals surface area contributed by atoms with Crippen LogP contribution in [0, 0.1) is 0 Å². The zero-order chi connectivity index (χ0) is 19.4. The lowest BCUT2D eigenvalue weighted by molar-refractivity contribution is 0.583. The fourth-order valence-corrected chi connectivity index (χ4v) is 4.39. The fourth-order valence-electron chi connectivity index (χ4n) is 2.32. The molecule has 0 bridgehead atoms. The van der Waals surface area contributed by atoms with Crippen LogP contribution < -0.4 is 4.72 Å². The smallest absolute Gasteiger partial charge is 0.202 e. The van der Waals surface area contributed by atoms with E-state index in [1.54, 1.807) is 30.3 Å². The third kappa shape index (κ3) is 5.13. The molecule has 0 saturated heterocycles. The molecule has 1 N–H and O–H groups in total. The maximum Gasteiger partial charge on any atom is 0.202 e. The molecule has 4 nitrogen and oxygen atoms in total. The van der Waals surface area contributed by atoms with Crippen LogP contribution >= 0.6 is 0 Å². The SMILES string of the molecule is C=C(C[C@H](N[S@@](=O)C(C)(C)C)c1ccccc1)S(=O)(=O)c1ccccc1. The molecule has 0 unspecified atom stereocenters. The molecule has 0 aliphatic carbocycles. The molecule has 2 aromatic carbocycles. The van der Waals surface area contributed by atoms with Gasteiger partial charge in [0.25, 0.3) is 0 Å². The quantitative estimate of drug-likeness (QED) is 0.771. The van der Waals surface area contributed by atoms with Crippen LogP contribution in [0.2, 0.25) is 0 Å². The van der Waals surface area contributed by atoms with Crippen molar-refractivity contribution in [2.45, 2.75) is 42.9 Å². The third-order valence-corrected chi connectivity index (χ3v) is 7.30. The number of benzene rings is 2. The van der Waals surface area contributed by atoms with Crippen LogP contribution in [0.5, 0.6) is 0 Å². The molecular formula is C20H25NO3S2. The molecule has 26 heavy (non-hydrogen) atoms. The van der Waals surface area contributed by atoms with E-state index in [9.17, 15) is 12.6 Å². The average Bonchev–Trinajstić information content (AvgIpc) is 2.61. The summed E-state index contributed by atoms with van der Waals surface area (Å²) in [7, 11) is -4.99. The van der Waals surface area contributed by atoms with Crippen molar-refractivity contribution in [1.29, 1.82) is 0 Å². The molecule has 0 aliphatic heterocycles. The second kappa shape index (κ2) is 8.29. The number of rotatable bonds is 7. The summed E-state index contributed by atoms with van der Waals surface area (Å²) in [6, 6.07) is 17.2. The highest BCUT2D eigenvalue weighted by molar-refractivity contribution is 7.95. The Balaban J connectivity index is 2.29. The Labute approximate surface area is 158 Å². The van der Waals surface area contributed by atoms with E-state index < -0.39 is 31.6 Å². The first-order chi connectivity index (χ1) is 12.1. The molecule has 2 aromatic rings. The summed E-state index contributed by atoms with van der Waals surface area (Å²) in [6.07, 6.45) is 0.142. The molecule has 140 valence electrons. The van der Waals surface area contributed by atoms with Crippen molar-refractivity contribution in [2.24, 2.45) is 0 Å². The Hall–Kier alpha value is -1.76. The van der Waals surface area contributed by atoms with E-state index in [1.807, 2.05) is 51.1 Å². The van der Waals surface area contributed by atoms with E-state index in [2.05, 4.69) is 11.3 Å². The Kier molecular flexibility index (Phi) is 6.55. The van der Waals surface area contributed by atoms with Crippen LogP contribution in [0.3, 0.4) is 0 Å². The first-order valence-electron chi connectivity index (χ1n) is 8.33. The van der Waals surface area contributed by atoms with Crippen molar-refractivity contribution in [3.8, 4) is 0 Å². The predicted molar refractivity (Wildman–Crippen MR) is 108 cm³/mol. The van der Waals surface area contributed by atoms with Gasteiger partial charge < -0.3 is 0 Å². The Morgan fingerprint density at radius 3 is 2.04 bits per heavy atom. The van der Waals surface area contributed by atoms with Gasteiger partial charge in [0.2, 0.25) is 9.84 Å². The predicted octanol–water partition coefficient (Wildman–Crippen LogP) is 4.16. The van der Waals surface area contributed by atoms with Gasteiger partial charge >= 0.3 is 0 Å². The molecule has 0 saturated carbocycles. The summed E-state index contributed by atoms with van der Waals surface area (Å²) in [6.45, 7) is 9.42.